The van der Waals surface area contributed by atoms with Crippen LogP contribution in [0.2, 0.25) is 0 Å². The fourth-order valence-electron chi connectivity index (χ4n) is 2.77. The van der Waals surface area contributed by atoms with Gasteiger partial charge in [0.05, 0.1) is 24.9 Å². The van der Waals surface area contributed by atoms with Crippen molar-refractivity contribution in [3.8, 4) is 6.07 Å². The second-order valence-electron chi connectivity index (χ2n) is 5.14. The number of allylic oxidation sites excluding steroid dienone is 1. The fraction of sp³-hybridized carbons (Fsp3) is 0.375. The van der Waals surface area contributed by atoms with E-state index in [1.54, 1.807) is 38.1 Å². The molecule has 0 bridgehead atoms. The fourth-order valence-corrected chi connectivity index (χ4v) is 4.93. The van der Waals surface area contributed by atoms with Crippen LogP contribution >= 0.6 is 7.60 Å². The second kappa shape index (κ2) is 7.63. The van der Waals surface area contributed by atoms with Crippen LogP contribution in [0.25, 0.3) is 0 Å². The molecule has 3 N–H and O–H groups in total. The van der Waals surface area contributed by atoms with Gasteiger partial charge in [-0.25, -0.2) is 0 Å². The van der Waals surface area contributed by atoms with E-state index >= 15 is 0 Å². The molecule has 0 aromatic heterocycles. The van der Waals surface area contributed by atoms with E-state index in [-0.39, 0.29) is 24.6 Å². The molecule has 8 heteroatoms. The number of benzene rings is 1. The summed E-state index contributed by atoms with van der Waals surface area (Å²) in [5.41, 5.74) is 5.43. The van der Waals surface area contributed by atoms with Crippen molar-refractivity contribution in [2.24, 2.45) is 5.73 Å². The van der Waals surface area contributed by atoms with Crippen molar-refractivity contribution in [3.63, 3.8) is 0 Å². The third-order valence-electron chi connectivity index (χ3n) is 3.68. The van der Waals surface area contributed by atoms with Crippen LogP contribution in [-0.2, 0) is 18.4 Å². The maximum Gasteiger partial charge on any atom is 0.344 e. The Bertz CT molecular complexity index is 717. The summed E-state index contributed by atoms with van der Waals surface area (Å²) in [4.78, 5) is 12.6. The Morgan fingerprint density at radius 3 is 2.33 bits per heavy atom. The number of nitrogens with one attached hydrogen (secondary N) is 1. The Morgan fingerprint density at radius 1 is 1.25 bits per heavy atom. The molecule has 1 aliphatic rings. The number of nitrogens with zero attached hydrogens (tertiary/aromatic N) is 1. The summed E-state index contributed by atoms with van der Waals surface area (Å²) < 4.78 is 24.0. The zero-order valence-corrected chi connectivity index (χ0v) is 14.5. The number of nitrogens with two attached hydrogens (primary N) is 1. The van der Waals surface area contributed by atoms with Gasteiger partial charge in [0, 0.05) is 5.92 Å². The maximum absolute atomic E-state index is 13.3. The smallest absolute Gasteiger partial charge is 0.344 e. The Kier molecular flexibility index (Phi) is 5.79. The predicted molar refractivity (Wildman–Crippen MR) is 88.8 cm³/mol. The van der Waals surface area contributed by atoms with Crippen LogP contribution in [-0.4, -0.2) is 24.8 Å². The number of carbonyl (C=O) groups is 1. The molecule has 1 aliphatic heterocycles. The Balaban J connectivity index is 2.64. The van der Waals surface area contributed by atoms with Crippen molar-refractivity contribution < 1.29 is 18.4 Å². The standard InChI is InChI=1S/C16H20N3O4P/c1-3-22-24(21,23-4-2)14-13(11-8-6-5-7-9-11)12(10-17)15(18)19-16(14)20/h5-9,13-14H,3-4,18H2,1-2H3,(H,19,20)/t13-,14-/m0/s1. The van der Waals surface area contributed by atoms with Gasteiger partial charge in [-0.05, 0) is 19.4 Å². The van der Waals surface area contributed by atoms with Gasteiger partial charge in [0.15, 0.2) is 5.66 Å². The highest BCUT2D eigenvalue weighted by atomic mass is 31.2. The molecule has 24 heavy (non-hydrogen) atoms. The summed E-state index contributed by atoms with van der Waals surface area (Å²) in [6, 6.07) is 10.9. The molecular formula is C16H20N3O4P. The van der Waals surface area contributed by atoms with E-state index in [9.17, 15) is 14.6 Å². The van der Waals surface area contributed by atoms with Crippen LogP contribution in [0.3, 0.4) is 0 Å². The highest BCUT2D eigenvalue weighted by Crippen LogP contribution is 2.59. The van der Waals surface area contributed by atoms with Gasteiger partial charge in [0.1, 0.15) is 5.82 Å². The van der Waals surface area contributed by atoms with Crippen LogP contribution in [0.4, 0.5) is 0 Å². The van der Waals surface area contributed by atoms with Crippen LogP contribution < -0.4 is 11.1 Å². The molecule has 1 amide bonds. The molecule has 0 unspecified atom stereocenters. The van der Waals surface area contributed by atoms with Gasteiger partial charge >= 0.3 is 7.60 Å². The van der Waals surface area contributed by atoms with Crippen LogP contribution in [0.15, 0.2) is 41.7 Å². The number of hydrogen-bond acceptors (Lipinski definition) is 6. The van der Waals surface area contributed by atoms with Crippen molar-refractivity contribution in [1.82, 2.24) is 5.32 Å². The minimum Gasteiger partial charge on any atom is -0.384 e. The van der Waals surface area contributed by atoms with Crippen molar-refractivity contribution in [3.05, 3.63) is 47.3 Å². The van der Waals surface area contributed by atoms with E-state index in [4.69, 9.17) is 14.8 Å². The molecule has 0 fully saturated rings. The summed E-state index contributed by atoms with van der Waals surface area (Å²) >= 11 is 0. The van der Waals surface area contributed by atoms with Gasteiger partial charge in [-0.2, -0.15) is 5.26 Å². The topological polar surface area (TPSA) is 114 Å². The molecule has 7 nitrogen and oxygen atoms in total. The van der Waals surface area contributed by atoms with E-state index in [0.717, 1.165) is 0 Å². The Morgan fingerprint density at radius 2 is 1.83 bits per heavy atom. The second-order valence-corrected chi connectivity index (χ2v) is 7.29. The van der Waals surface area contributed by atoms with Gasteiger partial charge < -0.3 is 20.1 Å². The molecule has 1 aromatic carbocycles. The summed E-state index contributed by atoms with van der Waals surface area (Å²) in [6.45, 7) is 3.56. The van der Waals surface area contributed by atoms with Crippen molar-refractivity contribution in [2.45, 2.75) is 25.4 Å². The van der Waals surface area contributed by atoms with Gasteiger partial charge in [-0.1, -0.05) is 30.3 Å². The molecule has 0 saturated carbocycles. The Labute approximate surface area is 141 Å². The first kappa shape index (κ1) is 18.2. The van der Waals surface area contributed by atoms with Gasteiger partial charge in [0.25, 0.3) is 0 Å². The number of hydrogen-bond donors (Lipinski definition) is 2. The normalized spacial score (nSPS) is 21.3. The van der Waals surface area contributed by atoms with Crippen molar-refractivity contribution in [1.29, 1.82) is 5.26 Å². The monoisotopic (exact) mass is 349 g/mol. The molecule has 0 radical (unpaired) electrons. The third-order valence-corrected chi connectivity index (χ3v) is 6.13. The van der Waals surface area contributed by atoms with E-state index in [2.05, 4.69) is 5.32 Å². The minimum absolute atomic E-state index is 0.0350. The highest BCUT2D eigenvalue weighted by molar-refractivity contribution is 7.55. The molecule has 0 aliphatic carbocycles. The average molecular weight is 349 g/mol. The summed E-state index contributed by atoms with van der Waals surface area (Å²) in [6.07, 6.45) is 0. The SMILES string of the molecule is CCOP(=O)(OCC)[C@@H]1C(=O)NC(N)=C(C#N)[C@@H]1c1ccccc1. The van der Waals surface area contributed by atoms with Crippen LogP contribution in [0, 0.1) is 11.3 Å². The lowest BCUT2D eigenvalue weighted by Crippen LogP contribution is -2.46. The molecule has 1 heterocycles. The first-order valence-corrected chi connectivity index (χ1v) is 9.24. The zero-order chi connectivity index (χ0) is 17.7. The molecule has 2 rings (SSSR count). The molecule has 0 saturated heterocycles. The first-order chi connectivity index (χ1) is 11.5. The predicted octanol–water partition coefficient (Wildman–Crippen LogP) is 2.23. The molecule has 1 aromatic rings. The zero-order valence-electron chi connectivity index (χ0n) is 13.6. The lowest BCUT2D eigenvalue weighted by molar-refractivity contribution is -0.121. The summed E-state index contributed by atoms with van der Waals surface area (Å²) in [7, 11) is -3.80. The largest absolute Gasteiger partial charge is 0.384 e. The number of rotatable bonds is 6. The lowest BCUT2D eigenvalue weighted by atomic mass is 9.86. The number of carbonyl (C=O) groups excluding carboxylic acids is 1. The minimum atomic E-state index is -3.80. The third kappa shape index (κ3) is 3.36. The lowest BCUT2D eigenvalue weighted by Gasteiger charge is -2.35. The summed E-state index contributed by atoms with van der Waals surface area (Å²) in [5, 5.41) is 11.9. The van der Waals surface area contributed by atoms with Crippen LogP contribution in [0.1, 0.15) is 25.3 Å². The van der Waals surface area contributed by atoms with Gasteiger partial charge in [-0.3, -0.25) is 9.36 Å². The van der Waals surface area contributed by atoms with Gasteiger partial charge in [-0.15, -0.1) is 0 Å². The van der Waals surface area contributed by atoms with E-state index in [0.29, 0.717) is 5.56 Å². The number of nitriles is 1. The summed E-state index contributed by atoms with van der Waals surface area (Å²) in [5.74, 6) is -1.41. The molecular weight excluding hydrogens is 329 g/mol. The average Bonchev–Trinajstić information content (AvgIpc) is 2.55. The number of amides is 1. The highest BCUT2D eigenvalue weighted by Gasteiger charge is 2.51. The first-order valence-electron chi connectivity index (χ1n) is 7.62. The van der Waals surface area contributed by atoms with Gasteiger partial charge in [0.2, 0.25) is 5.91 Å². The Hall–Kier alpha value is -2.13. The molecule has 128 valence electrons. The van der Waals surface area contributed by atoms with E-state index < -0.39 is 25.1 Å². The van der Waals surface area contributed by atoms with E-state index in [1.165, 1.54) is 0 Å². The van der Waals surface area contributed by atoms with Crippen molar-refractivity contribution in [2.75, 3.05) is 13.2 Å². The molecule has 2 atom stereocenters. The molecule has 0 spiro atoms. The quantitative estimate of drug-likeness (QED) is 0.761. The van der Waals surface area contributed by atoms with Crippen LogP contribution in [0.5, 0.6) is 0 Å². The van der Waals surface area contributed by atoms with Crippen molar-refractivity contribution >= 4 is 13.5 Å². The maximum atomic E-state index is 13.3. The van der Waals surface area contributed by atoms with E-state index in [1.807, 2.05) is 12.1 Å².